The third-order valence-corrected chi connectivity index (χ3v) is 4.53. The summed E-state index contributed by atoms with van der Waals surface area (Å²) in [7, 11) is 1.64. The van der Waals surface area contributed by atoms with Crippen LogP contribution in [0.15, 0.2) is 36.4 Å². The summed E-state index contributed by atoms with van der Waals surface area (Å²) >= 11 is 0. The zero-order valence-electron chi connectivity index (χ0n) is 18.4. The molecule has 0 unspecified atom stereocenters. The molecule has 1 aromatic rings. The van der Waals surface area contributed by atoms with Gasteiger partial charge < -0.3 is 23.7 Å². The lowest BCUT2D eigenvalue weighted by Crippen LogP contribution is -2.32. The predicted octanol–water partition coefficient (Wildman–Crippen LogP) is 4.27. The lowest BCUT2D eigenvalue weighted by molar-refractivity contribution is -0.157. The SMILES string of the molecule is COc1ccc(CO[C@@H](CC=CCOC(=O)C(C)(C)C)[C@H]2COC(C)(C)O2)cc1. The Bertz CT molecular complexity index is 672. The van der Waals surface area contributed by atoms with Crippen molar-refractivity contribution < 1.29 is 28.5 Å². The fourth-order valence-electron chi connectivity index (χ4n) is 2.79. The minimum absolute atomic E-state index is 0.162. The fourth-order valence-corrected chi connectivity index (χ4v) is 2.79. The van der Waals surface area contributed by atoms with E-state index < -0.39 is 11.2 Å². The Balaban J connectivity index is 1.90. The van der Waals surface area contributed by atoms with Crippen LogP contribution in [0.4, 0.5) is 0 Å². The molecule has 1 aliphatic heterocycles. The molecule has 0 aliphatic carbocycles. The second-order valence-corrected chi connectivity index (χ2v) is 8.62. The summed E-state index contributed by atoms with van der Waals surface area (Å²) in [5.74, 6) is -0.0192. The van der Waals surface area contributed by atoms with Crippen molar-refractivity contribution in [1.82, 2.24) is 0 Å². The topological polar surface area (TPSA) is 63.2 Å². The maximum absolute atomic E-state index is 11.8. The lowest BCUT2D eigenvalue weighted by atomic mass is 9.97. The molecule has 6 nitrogen and oxygen atoms in total. The Morgan fingerprint density at radius 3 is 2.48 bits per heavy atom. The van der Waals surface area contributed by atoms with Gasteiger partial charge in [-0.2, -0.15) is 0 Å². The van der Waals surface area contributed by atoms with E-state index in [-0.39, 0.29) is 24.8 Å². The highest BCUT2D eigenvalue weighted by atomic mass is 16.7. The molecule has 0 bridgehead atoms. The molecule has 0 spiro atoms. The zero-order chi connectivity index (χ0) is 21.5. The minimum atomic E-state index is -0.613. The first-order valence-corrected chi connectivity index (χ1v) is 9.99. The van der Waals surface area contributed by atoms with E-state index in [9.17, 15) is 4.79 Å². The van der Waals surface area contributed by atoms with Gasteiger partial charge in [0.25, 0.3) is 0 Å². The number of carbonyl (C=O) groups is 1. The molecule has 1 aliphatic rings. The Hall–Kier alpha value is -1.89. The number of ether oxygens (including phenoxy) is 5. The maximum Gasteiger partial charge on any atom is 0.311 e. The summed E-state index contributed by atoms with van der Waals surface area (Å²) in [6.45, 7) is 10.5. The van der Waals surface area contributed by atoms with Crippen LogP contribution < -0.4 is 4.74 Å². The number of esters is 1. The van der Waals surface area contributed by atoms with E-state index in [0.717, 1.165) is 11.3 Å². The first kappa shape index (κ1) is 23.4. The predicted molar refractivity (Wildman–Crippen MR) is 111 cm³/mol. The molecular weight excluding hydrogens is 372 g/mol. The standard InChI is InChI=1S/C23H34O6/c1-22(2,3)21(24)26-14-8-7-9-19(20-16-28-23(4,5)29-20)27-15-17-10-12-18(25-6)13-11-17/h7-8,10-13,19-20H,9,14-16H2,1-6H3/t19-,20+/m0/s1. The summed E-state index contributed by atoms with van der Waals surface area (Å²) in [6, 6.07) is 7.78. The van der Waals surface area contributed by atoms with E-state index in [0.29, 0.717) is 19.6 Å². The summed E-state index contributed by atoms with van der Waals surface area (Å²) < 4.78 is 28.3. The number of methoxy groups -OCH3 is 1. The van der Waals surface area contributed by atoms with Gasteiger partial charge in [0.05, 0.1) is 31.8 Å². The molecule has 0 aromatic heterocycles. The van der Waals surface area contributed by atoms with Crippen molar-refractivity contribution in [3.05, 3.63) is 42.0 Å². The lowest BCUT2D eigenvalue weighted by Gasteiger charge is -2.24. The number of carbonyl (C=O) groups excluding carboxylic acids is 1. The Kier molecular flexibility index (Phi) is 8.25. The molecule has 1 saturated heterocycles. The molecule has 2 rings (SSSR count). The Morgan fingerprint density at radius 2 is 1.93 bits per heavy atom. The molecule has 1 fully saturated rings. The highest BCUT2D eigenvalue weighted by molar-refractivity contribution is 5.75. The van der Waals surface area contributed by atoms with Gasteiger partial charge in [-0.05, 0) is 58.7 Å². The molecule has 1 aromatic carbocycles. The number of rotatable bonds is 9. The second-order valence-electron chi connectivity index (χ2n) is 8.62. The van der Waals surface area contributed by atoms with Crippen LogP contribution >= 0.6 is 0 Å². The molecule has 1 heterocycles. The van der Waals surface area contributed by atoms with Crippen LogP contribution in [0.3, 0.4) is 0 Å². The van der Waals surface area contributed by atoms with Gasteiger partial charge in [-0.3, -0.25) is 4.79 Å². The van der Waals surface area contributed by atoms with Gasteiger partial charge in [-0.15, -0.1) is 0 Å². The number of hydrogen-bond donors (Lipinski definition) is 0. The zero-order valence-corrected chi connectivity index (χ0v) is 18.4. The van der Waals surface area contributed by atoms with Crippen LogP contribution in [-0.4, -0.2) is 44.3 Å². The third kappa shape index (κ3) is 7.80. The molecule has 0 radical (unpaired) electrons. The van der Waals surface area contributed by atoms with Crippen LogP contribution in [-0.2, 0) is 30.3 Å². The van der Waals surface area contributed by atoms with E-state index in [2.05, 4.69) is 0 Å². The van der Waals surface area contributed by atoms with Gasteiger partial charge >= 0.3 is 5.97 Å². The molecule has 0 saturated carbocycles. The van der Waals surface area contributed by atoms with E-state index in [4.69, 9.17) is 23.7 Å². The maximum atomic E-state index is 11.8. The van der Waals surface area contributed by atoms with Crippen LogP contribution in [0.25, 0.3) is 0 Å². The van der Waals surface area contributed by atoms with Crippen molar-refractivity contribution in [1.29, 1.82) is 0 Å². The smallest absolute Gasteiger partial charge is 0.311 e. The first-order chi connectivity index (χ1) is 13.6. The van der Waals surface area contributed by atoms with Crippen molar-refractivity contribution in [3.63, 3.8) is 0 Å². The monoisotopic (exact) mass is 406 g/mol. The fraction of sp³-hybridized carbons (Fsp3) is 0.609. The highest BCUT2D eigenvalue weighted by Crippen LogP contribution is 2.27. The number of hydrogen-bond acceptors (Lipinski definition) is 6. The van der Waals surface area contributed by atoms with E-state index in [1.165, 1.54) is 0 Å². The van der Waals surface area contributed by atoms with Crippen molar-refractivity contribution >= 4 is 5.97 Å². The molecule has 0 amide bonds. The van der Waals surface area contributed by atoms with Gasteiger partial charge in [0.1, 0.15) is 18.5 Å². The van der Waals surface area contributed by atoms with Crippen LogP contribution in [0.1, 0.15) is 46.6 Å². The third-order valence-electron chi connectivity index (χ3n) is 4.53. The van der Waals surface area contributed by atoms with Crippen molar-refractivity contribution in [2.24, 2.45) is 5.41 Å². The average molecular weight is 407 g/mol. The normalized spacial score (nSPS) is 20.0. The van der Waals surface area contributed by atoms with Crippen molar-refractivity contribution in [3.8, 4) is 5.75 Å². The van der Waals surface area contributed by atoms with Gasteiger partial charge in [0.15, 0.2) is 5.79 Å². The number of benzene rings is 1. The van der Waals surface area contributed by atoms with Gasteiger partial charge in [0, 0.05) is 0 Å². The first-order valence-electron chi connectivity index (χ1n) is 9.99. The average Bonchev–Trinajstić information content (AvgIpc) is 3.03. The summed E-state index contributed by atoms with van der Waals surface area (Å²) in [5, 5.41) is 0. The van der Waals surface area contributed by atoms with Crippen molar-refractivity contribution in [2.75, 3.05) is 20.3 Å². The van der Waals surface area contributed by atoms with Gasteiger partial charge in [0.2, 0.25) is 0 Å². The van der Waals surface area contributed by atoms with E-state index in [1.807, 2.05) is 71.0 Å². The van der Waals surface area contributed by atoms with Crippen LogP contribution in [0.2, 0.25) is 0 Å². The molecule has 162 valence electrons. The summed E-state index contributed by atoms with van der Waals surface area (Å²) in [4.78, 5) is 11.8. The van der Waals surface area contributed by atoms with Gasteiger partial charge in [-0.1, -0.05) is 24.3 Å². The van der Waals surface area contributed by atoms with E-state index in [1.54, 1.807) is 7.11 Å². The summed E-state index contributed by atoms with van der Waals surface area (Å²) in [6.07, 6.45) is 4.10. The van der Waals surface area contributed by atoms with Gasteiger partial charge in [-0.25, -0.2) is 0 Å². The van der Waals surface area contributed by atoms with Crippen LogP contribution in [0.5, 0.6) is 5.75 Å². The largest absolute Gasteiger partial charge is 0.497 e. The summed E-state index contributed by atoms with van der Waals surface area (Å²) in [5.41, 5.74) is 0.551. The van der Waals surface area contributed by atoms with Crippen LogP contribution in [0, 0.1) is 5.41 Å². The minimum Gasteiger partial charge on any atom is -0.497 e. The molecule has 29 heavy (non-hydrogen) atoms. The Labute approximate surface area is 174 Å². The molecule has 2 atom stereocenters. The Morgan fingerprint density at radius 1 is 1.24 bits per heavy atom. The quantitative estimate of drug-likeness (QED) is 0.451. The second kappa shape index (κ2) is 10.2. The molecule has 0 N–H and O–H groups in total. The molecular formula is C23H34O6. The molecule has 6 heteroatoms. The van der Waals surface area contributed by atoms with E-state index >= 15 is 0 Å². The van der Waals surface area contributed by atoms with Crippen molar-refractivity contribution in [2.45, 2.75) is 65.6 Å². The highest BCUT2D eigenvalue weighted by Gasteiger charge is 2.37.